The van der Waals surface area contributed by atoms with Gasteiger partial charge >= 0.3 is 11.9 Å². The Labute approximate surface area is 159 Å². The lowest BCUT2D eigenvalue weighted by molar-refractivity contribution is -0.166. The molecule has 0 aliphatic heterocycles. The molecule has 3 atom stereocenters. The van der Waals surface area contributed by atoms with E-state index in [0.29, 0.717) is 17.8 Å². The molecule has 0 radical (unpaired) electrons. The summed E-state index contributed by atoms with van der Waals surface area (Å²) in [6.45, 7) is 5.93. The zero-order valence-corrected chi connectivity index (χ0v) is 16.2. The summed E-state index contributed by atoms with van der Waals surface area (Å²) in [6, 6.07) is 4.18. The highest BCUT2D eigenvalue weighted by atomic mass is 35.5. The Kier molecular flexibility index (Phi) is 7.44. The molecule has 0 bridgehead atoms. The van der Waals surface area contributed by atoms with Crippen molar-refractivity contribution in [2.75, 3.05) is 6.61 Å². The van der Waals surface area contributed by atoms with Crippen LogP contribution in [0.4, 0.5) is 4.39 Å². The van der Waals surface area contributed by atoms with Gasteiger partial charge in [0.25, 0.3) is 0 Å². The van der Waals surface area contributed by atoms with Crippen molar-refractivity contribution in [2.24, 2.45) is 17.8 Å². The van der Waals surface area contributed by atoms with Crippen molar-refractivity contribution in [2.45, 2.75) is 52.6 Å². The molecule has 1 aromatic rings. The molecule has 0 unspecified atom stereocenters. The van der Waals surface area contributed by atoms with Gasteiger partial charge in [0.2, 0.25) is 0 Å². The van der Waals surface area contributed by atoms with Crippen LogP contribution in [-0.2, 0) is 25.5 Å². The molecule has 1 aliphatic carbocycles. The number of hydrogen-bond donors (Lipinski definition) is 0. The summed E-state index contributed by atoms with van der Waals surface area (Å²) in [5.74, 6) is -0.607. The molecular weight excluding hydrogens is 359 g/mol. The Bertz CT molecular complexity index is 626. The number of esters is 2. The van der Waals surface area contributed by atoms with Crippen molar-refractivity contribution in [3.63, 3.8) is 0 Å². The molecule has 26 heavy (non-hydrogen) atoms. The normalized spacial score (nSPS) is 22.9. The zero-order valence-electron chi connectivity index (χ0n) is 15.5. The molecule has 1 fully saturated rings. The van der Waals surface area contributed by atoms with Gasteiger partial charge in [-0.3, -0.25) is 4.79 Å². The predicted molar refractivity (Wildman–Crippen MR) is 97.3 cm³/mol. The van der Waals surface area contributed by atoms with Gasteiger partial charge in [0.15, 0.2) is 6.61 Å². The average Bonchev–Trinajstić information content (AvgIpc) is 2.56. The molecule has 0 saturated heterocycles. The Morgan fingerprint density at radius 1 is 1.27 bits per heavy atom. The van der Waals surface area contributed by atoms with Crippen molar-refractivity contribution < 1.29 is 23.5 Å². The molecule has 0 heterocycles. The summed E-state index contributed by atoms with van der Waals surface area (Å²) in [5.41, 5.74) is 0.0634. The summed E-state index contributed by atoms with van der Waals surface area (Å²) < 4.78 is 24.2. The third-order valence-electron chi connectivity index (χ3n) is 4.98. The fourth-order valence-electron chi connectivity index (χ4n) is 3.49. The van der Waals surface area contributed by atoms with E-state index in [4.69, 9.17) is 21.1 Å². The summed E-state index contributed by atoms with van der Waals surface area (Å²) >= 11 is 5.89. The van der Waals surface area contributed by atoms with Crippen LogP contribution in [0.2, 0.25) is 5.02 Å². The molecule has 1 aromatic carbocycles. The Balaban J connectivity index is 1.84. The molecule has 0 aromatic heterocycles. The van der Waals surface area contributed by atoms with Gasteiger partial charge in [-0.15, -0.1) is 0 Å². The lowest BCUT2D eigenvalue weighted by atomic mass is 9.75. The fourth-order valence-corrected chi connectivity index (χ4v) is 3.72. The molecule has 0 amide bonds. The second-order valence-electron chi connectivity index (χ2n) is 7.39. The third kappa shape index (κ3) is 5.70. The van der Waals surface area contributed by atoms with Crippen LogP contribution in [0.5, 0.6) is 0 Å². The largest absolute Gasteiger partial charge is 0.460 e. The van der Waals surface area contributed by atoms with E-state index < -0.39 is 24.4 Å². The van der Waals surface area contributed by atoms with E-state index in [1.54, 1.807) is 0 Å². The van der Waals surface area contributed by atoms with Crippen molar-refractivity contribution in [3.05, 3.63) is 34.6 Å². The number of carbonyl (C=O) groups excluding carboxylic acids is 2. The van der Waals surface area contributed by atoms with Crippen LogP contribution in [0.15, 0.2) is 18.2 Å². The minimum atomic E-state index is -0.716. The predicted octanol–water partition coefficient (Wildman–Crippen LogP) is 4.57. The maximum Gasteiger partial charge on any atom is 0.344 e. The van der Waals surface area contributed by atoms with Gasteiger partial charge in [0.1, 0.15) is 11.9 Å². The van der Waals surface area contributed by atoms with E-state index in [0.717, 1.165) is 19.3 Å². The molecule has 144 valence electrons. The highest BCUT2D eigenvalue weighted by Crippen LogP contribution is 2.35. The number of rotatable bonds is 6. The van der Waals surface area contributed by atoms with Gasteiger partial charge in [-0.05, 0) is 42.7 Å². The Hall–Kier alpha value is -1.62. The molecule has 6 heteroatoms. The minimum Gasteiger partial charge on any atom is -0.460 e. The lowest BCUT2D eigenvalue weighted by Gasteiger charge is -2.36. The zero-order chi connectivity index (χ0) is 19.3. The summed E-state index contributed by atoms with van der Waals surface area (Å²) in [7, 11) is 0. The van der Waals surface area contributed by atoms with E-state index in [2.05, 4.69) is 20.8 Å². The monoisotopic (exact) mass is 384 g/mol. The van der Waals surface area contributed by atoms with Crippen LogP contribution in [0.25, 0.3) is 0 Å². The fraction of sp³-hybridized carbons (Fsp3) is 0.600. The molecule has 4 nitrogen and oxygen atoms in total. The first-order valence-electron chi connectivity index (χ1n) is 9.06. The maximum absolute atomic E-state index is 13.7. The van der Waals surface area contributed by atoms with E-state index >= 15 is 0 Å². The number of halogens is 2. The van der Waals surface area contributed by atoms with E-state index in [-0.39, 0.29) is 23.1 Å². The number of hydrogen-bond acceptors (Lipinski definition) is 4. The standard InChI is InChI=1S/C20H26ClFO4/c1-12(2)14-8-7-13(3)9-18(14)26-20(24)11-25-19(23)10-15-16(21)5-4-6-17(15)22/h4-6,12-14,18H,7-11H2,1-3H3/t13-,14-,18+/m1/s1. The minimum absolute atomic E-state index is 0.0634. The van der Waals surface area contributed by atoms with E-state index in [1.165, 1.54) is 18.2 Å². The summed E-state index contributed by atoms with van der Waals surface area (Å²) in [6.07, 6.45) is 2.52. The Morgan fingerprint density at radius 3 is 2.65 bits per heavy atom. The van der Waals surface area contributed by atoms with Crippen molar-refractivity contribution in [3.8, 4) is 0 Å². The van der Waals surface area contributed by atoms with Gasteiger partial charge in [-0.25, -0.2) is 9.18 Å². The average molecular weight is 385 g/mol. The van der Waals surface area contributed by atoms with Crippen LogP contribution in [0.1, 0.15) is 45.6 Å². The molecule has 0 N–H and O–H groups in total. The van der Waals surface area contributed by atoms with Crippen molar-refractivity contribution in [1.29, 1.82) is 0 Å². The van der Waals surface area contributed by atoms with Crippen LogP contribution >= 0.6 is 11.6 Å². The molecular formula is C20H26ClFO4. The molecule has 1 saturated carbocycles. The summed E-state index contributed by atoms with van der Waals surface area (Å²) in [5, 5.41) is 0.153. The first-order chi connectivity index (χ1) is 12.3. The number of carbonyl (C=O) groups is 2. The second kappa shape index (κ2) is 9.36. The number of ether oxygens (including phenoxy) is 2. The van der Waals surface area contributed by atoms with Crippen LogP contribution in [0, 0.1) is 23.6 Å². The van der Waals surface area contributed by atoms with E-state index in [1.807, 2.05) is 0 Å². The molecule has 1 aliphatic rings. The van der Waals surface area contributed by atoms with Crippen molar-refractivity contribution in [1.82, 2.24) is 0 Å². The van der Waals surface area contributed by atoms with Gasteiger partial charge in [-0.1, -0.05) is 44.9 Å². The third-order valence-corrected chi connectivity index (χ3v) is 5.33. The van der Waals surface area contributed by atoms with Crippen LogP contribution in [-0.4, -0.2) is 24.6 Å². The molecule has 2 rings (SSSR count). The molecule has 0 spiro atoms. The first kappa shape index (κ1) is 20.7. The highest BCUT2D eigenvalue weighted by Gasteiger charge is 2.33. The van der Waals surface area contributed by atoms with Crippen LogP contribution < -0.4 is 0 Å². The SMILES string of the molecule is CC(C)[C@H]1CC[C@@H](C)C[C@@H]1OC(=O)COC(=O)Cc1c(F)cccc1Cl. The Morgan fingerprint density at radius 2 is 2.00 bits per heavy atom. The second-order valence-corrected chi connectivity index (χ2v) is 7.80. The quantitative estimate of drug-likeness (QED) is 0.674. The van der Waals surface area contributed by atoms with Gasteiger partial charge in [0, 0.05) is 10.6 Å². The van der Waals surface area contributed by atoms with E-state index in [9.17, 15) is 14.0 Å². The van der Waals surface area contributed by atoms with Gasteiger partial charge in [-0.2, -0.15) is 0 Å². The van der Waals surface area contributed by atoms with Crippen LogP contribution in [0.3, 0.4) is 0 Å². The maximum atomic E-state index is 13.7. The topological polar surface area (TPSA) is 52.6 Å². The lowest BCUT2D eigenvalue weighted by Crippen LogP contribution is -2.36. The van der Waals surface area contributed by atoms with Gasteiger partial charge < -0.3 is 9.47 Å². The smallest absolute Gasteiger partial charge is 0.344 e. The highest BCUT2D eigenvalue weighted by molar-refractivity contribution is 6.31. The van der Waals surface area contributed by atoms with Crippen molar-refractivity contribution >= 4 is 23.5 Å². The first-order valence-corrected chi connectivity index (χ1v) is 9.43. The van der Waals surface area contributed by atoms with Gasteiger partial charge in [0.05, 0.1) is 6.42 Å². The summed E-state index contributed by atoms with van der Waals surface area (Å²) in [4.78, 5) is 24.0. The number of benzene rings is 1.